The van der Waals surface area contributed by atoms with E-state index in [1.807, 2.05) is 0 Å². The molecule has 2 fully saturated rings. The molecule has 0 aromatic rings. The number of piperidine rings is 1. The van der Waals surface area contributed by atoms with Crippen LogP contribution in [0, 0.1) is 5.92 Å². The summed E-state index contributed by atoms with van der Waals surface area (Å²) >= 11 is 0. The van der Waals surface area contributed by atoms with E-state index < -0.39 is 0 Å². The van der Waals surface area contributed by atoms with E-state index in [4.69, 9.17) is 5.11 Å². The Labute approximate surface area is 61.8 Å². The van der Waals surface area contributed by atoms with Gasteiger partial charge in [0.1, 0.15) is 0 Å². The molecule has 1 aliphatic heterocycles. The Kier molecular flexibility index (Phi) is 1.46. The smallest absolute Gasteiger partial charge is 0.0589 e. The standard InChI is InChI=1S/C8H15NO/c1-9-7-3-2-6(4-7)8(9)5-10/h6-8,10H,2-5H2,1H3/t6-,7?,8-/m1/s1. The number of nitrogens with zero attached hydrogens (tertiary/aromatic N) is 1. The Morgan fingerprint density at radius 2 is 2.30 bits per heavy atom. The summed E-state index contributed by atoms with van der Waals surface area (Å²) in [6.07, 6.45) is 4.04. The summed E-state index contributed by atoms with van der Waals surface area (Å²) in [6, 6.07) is 1.28. The van der Waals surface area contributed by atoms with Crippen molar-refractivity contribution in [2.75, 3.05) is 13.7 Å². The van der Waals surface area contributed by atoms with E-state index in [1.54, 1.807) is 0 Å². The minimum atomic E-state index is 0.359. The van der Waals surface area contributed by atoms with Crippen molar-refractivity contribution in [2.24, 2.45) is 5.92 Å². The molecule has 1 aliphatic carbocycles. The van der Waals surface area contributed by atoms with Gasteiger partial charge in [-0.15, -0.1) is 0 Å². The molecule has 1 unspecified atom stereocenters. The van der Waals surface area contributed by atoms with Gasteiger partial charge in [0.15, 0.2) is 0 Å². The maximum absolute atomic E-state index is 9.02. The number of likely N-dealkylation sites (tertiary alicyclic amines) is 1. The van der Waals surface area contributed by atoms with Crippen LogP contribution in [0.1, 0.15) is 19.3 Å². The minimum absolute atomic E-state index is 0.359. The third kappa shape index (κ3) is 0.722. The highest BCUT2D eigenvalue weighted by atomic mass is 16.3. The fourth-order valence-corrected chi connectivity index (χ4v) is 2.59. The second-order valence-corrected chi connectivity index (χ2v) is 3.64. The molecule has 0 radical (unpaired) electrons. The van der Waals surface area contributed by atoms with Crippen LogP contribution in [0.25, 0.3) is 0 Å². The average Bonchev–Trinajstić information content (AvgIpc) is 2.46. The zero-order valence-corrected chi connectivity index (χ0v) is 6.45. The first-order chi connectivity index (χ1) is 4.83. The normalized spacial score (nSPS) is 46.8. The predicted molar refractivity (Wildman–Crippen MR) is 39.8 cm³/mol. The lowest BCUT2D eigenvalue weighted by atomic mass is 10.0. The monoisotopic (exact) mass is 141 g/mol. The molecule has 58 valence electrons. The Morgan fingerprint density at radius 3 is 2.70 bits per heavy atom. The first kappa shape index (κ1) is 6.62. The first-order valence-electron chi connectivity index (χ1n) is 4.15. The lowest BCUT2D eigenvalue weighted by Gasteiger charge is -2.30. The van der Waals surface area contributed by atoms with Crippen LogP contribution in [-0.2, 0) is 0 Å². The van der Waals surface area contributed by atoms with Crippen molar-refractivity contribution in [3.63, 3.8) is 0 Å². The Balaban J connectivity index is 2.10. The molecule has 0 amide bonds. The zero-order valence-electron chi connectivity index (χ0n) is 6.45. The number of fused-ring (bicyclic) bond motifs is 2. The summed E-state index contributed by atoms with van der Waals surface area (Å²) in [6.45, 7) is 0.359. The topological polar surface area (TPSA) is 23.5 Å². The van der Waals surface area contributed by atoms with Crippen LogP contribution in [-0.4, -0.2) is 35.7 Å². The maximum Gasteiger partial charge on any atom is 0.0589 e. The van der Waals surface area contributed by atoms with Crippen molar-refractivity contribution in [1.29, 1.82) is 0 Å². The molecule has 2 rings (SSSR count). The first-order valence-corrected chi connectivity index (χ1v) is 4.15. The van der Waals surface area contributed by atoms with Gasteiger partial charge in [0.2, 0.25) is 0 Å². The number of aliphatic hydroxyl groups excluding tert-OH is 1. The van der Waals surface area contributed by atoms with E-state index in [2.05, 4.69) is 11.9 Å². The Hall–Kier alpha value is -0.0800. The molecule has 2 aliphatic rings. The third-order valence-corrected chi connectivity index (χ3v) is 3.28. The summed E-state index contributed by atoms with van der Waals surface area (Å²) in [4.78, 5) is 2.36. The van der Waals surface area contributed by atoms with E-state index in [0.717, 1.165) is 12.0 Å². The second-order valence-electron chi connectivity index (χ2n) is 3.64. The van der Waals surface area contributed by atoms with Gasteiger partial charge in [-0.2, -0.15) is 0 Å². The average molecular weight is 141 g/mol. The fraction of sp³-hybridized carbons (Fsp3) is 1.00. The summed E-state index contributed by atoms with van der Waals surface area (Å²) in [7, 11) is 2.14. The summed E-state index contributed by atoms with van der Waals surface area (Å²) < 4.78 is 0. The third-order valence-electron chi connectivity index (χ3n) is 3.28. The molecule has 1 heterocycles. The van der Waals surface area contributed by atoms with Gasteiger partial charge in [-0.1, -0.05) is 0 Å². The number of likely N-dealkylation sites (N-methyl/N-ethyl adjacent to an activating group) is 1. The summed E-state index contributed by atoms with van der Waals surface area (Å²) in [5, 5.41) is 9.02. The molecule has 2 bridgehead atoms. The second kappa shape index (κ2) is 2.21. The van der Waals surface area contributed by atoms with Gasteiger partial charge in [-0.05, 0) is 32.2 Å². The van der Waals surface area contributed by atoms with Gasteiger partial charge in [0.05, 0.1) is 6.61 Å². The van der Waals surface area contributed by atoms with Crippen LogP contribution >= 0.6 is 0 Å². The van der Waals surface area contributed by atoms with Crippen molar-refractivity contribution in [2.45, 2.75) is 31.3 Å². The molecule has 2 heteroatoms. The lowest BCUT2D eigenvalue weighted by molar-refractivity contribution is 0.108. The van der Waals surface area contributed by atoms with E-state index >= 15 is 0 Å². The van der Waals surface area contributed by atoms with E-state index in [9.17, 15) is 0 Å². The highest BCUT2D eigenvalue weighted by Gasteiger charge is 2.42. The van der Waals surface area contributed by atoms with E-state index in [-0.39, 0.29) is 0 Å². The number of rotatable bonds is 1. The minimum Gasteiger partial charge on any atom is -0.395 e. The van der Waals surface area contributed by atoms with Gasteiger partial charge < -0.3 is 5.11 Å². The maximum atomic E-state index is 9.02. The molecule has 2 nitrogen and oxygen atoms in total. The highest BCUT2D eigenvalue weighted by molar-refractivity contribution is 4.97. The lowest BCUT2D eigenvalue weighted by Crippen LogP contribution is -2.39. The zero-order chi connectivity index (χ0) is 7.14. The molecule has 0 aromatic carbocycles. The number of hydrogen-bond acceptors (Lipinski definition) is 2. The molecule has 1 N–H and O–H groups in total. The van der Waals surface area contributed by atoms with Crippen molar-refractivity contribution in [3.05, 3.63) is 0 Å². The van der Waals surface area contributed by atoms with Crippen LogP contribution in [0.15, 0.2) is 0 Å². The van der Waals surface area contributed by atoms with Crippen LogP contribution in [0.3, 0.4) is 0 Å². The SMILES string of the molecule is CN1C2CC[C@H](C2)[C@H]1CO. The largest absolute Gasteiger partial charge is 0.395 e. The molecular weight excluding hydrogens is 126 g/mol. The Bertz CT molecular complexity index is 135. The number of hydrogen-bond donors (Lipinski definition) is 1. The van der Waals surface area contributed by atoms with Crippen molar-refractivity contribution in [3.8, 4) is 0 Å². The van der Waals surface area contributed by atoms with Crippen molar-refractivity contribution < 1.29 is 5.11 Å². The molecule has 1 saturated carbocycles. The highest BCUT2D eigenvalue weighted by Crippen LogP contribution is 2.40. The number of aliphatic hydroxyl groups is 1. The van der Waals surface area contributed by atoms with Crippen LogP contribution in [0.2, 0.25) is 0 Å². The molecule has 1 saturated heterocycles. The summed E-state index contributed by atoms with van der Waals surface area (Å²) in [5.41, 5.74) is 0. The van der Waals surface area contributed by atoms with Gasteiger partial charge in [-0.3, -0.25) is 4.90 Å². The molecule has 3 atom stereocenters. The van der Waals surface area contributed by atoms with Gasteiger partial charge in [0, 0.05) is 12.1 Å². The van der Waals surface area contributed by atoms with Crippen LogP contribution in [0.4, 0.5) is 0 Å². The molecule has 0 spiro atoms. The van der Waals surface area contributed by atoms with Gasteiger partial charge >= 0.3 is 0 Å². The van der Waals surface area contributed by atoms with E-state index in [0.29, 0.717) is 12.6 Å². The van der Waals surface area contributed by atoms with Crippen molar-refractivity contribution >= 4 is 0 Å². The Morgan fingerprint density at radius 1 is 1.50 bits per heavy atom. The molecule has 10 heavy (non-hydrogen) atoms. The summed E-state index contributed by atoms with van der Waals surface area (Å²) in [5.74, 6) is 0.806. The molecular formula is C8H15NO. The van der Waals surface area contributed by atoms with Crippen LogP contribution < -0.4 is 0 Å². The fourth-order valence-electron chi connectivity index (χ4n) is 2.59. The van der Waals surface area contributed by atoms with Gasteiger partial charge in [0.25, 0.3) is 0 Å². The van der Waals surface area contributed by atoms with Crippen LogP contribution in [0.5, 0.6) is 0 Å². The van der Waals surface area contributed by atoms with Gasteiger partial charge in [-0.25, -0.2) is 0 Å². The van der Waals surface area contributed by atoms with Crippen molar-refractivity contribution in [1.82, 2.24) is 4.90 Å². The van der Waals surface area contributed by atoms with E-state index in [1.165, 1.54) is 19.3 Å². The quantitative estimate of drug-likeness (QED) is 0.573. The predicted octanol–water partition coefficient (Wildman–Crippen LogP) is 0.461. The molecule has 0 aromatic heterocycles.